The van der Waals surface area contributed by atoms with E-state index in [0.29, 0.717) is 11.6 Å². The quantitative estimate of drug-likeness (QED) is 0.917. The molecule has 0 saturated carbocycles. The predicted octanol–water partition coefficient (Wildman–Crippen LogP) is 3.97. The van der Waals surface area contributed by atoms with Crippen LogP contribution in [0, 0.1) is 13.8 Å². The molecule has 100 valence electrons. The van der Waals surface area contributed by atoms with Crippen molar-refractivity contribution < 1.29 is 4.74 Å². The Morgan fingerprint density at radius 2 is 2.00 bits per heavy atom. The molecule has 2 aromatic rings. The summed E-state index contributed by atoms with van der Waals surface area (Å²) in [5.74, 6) is 1.65. The van der Waals surface area contributed by atoms with Gasteiger partial charge in [0.1, 0.15) is 18.2 Å². The number of anilines is 1. The van der Waals surface area contributed by atoms with Gasteiger partial charge in [-0.3, -0.25) is 0 Å². The van der Waals surface area contributed by atoms with Crippen molar-refractivity contribution in [3.05, 3.63) is 52.2 Å². The Balaban J connectivity index is 2.16. The van der Waals surface area contributed by atoms with Crippen LogP contribution < -0.4 is 10.1 Å². The van der Waals surface area contributed by atoms with E-state index >= 15 is 0 Å². The molecule has 0 spiro atoms. The standard InChI is InChI=1S/C15H17ClN2O/c1-10-4-5-11(2)14(8-10)19-9-13-12(16)6-7-15(17-3)18-13/h4-8H,9H2,1-3H3,(H,17,18). The van der Waals surface area contributed by atoms with Gasteiger partial charge in [-0.25, -0.2) is 4.98 Å². The molecule has 0 fully saturated rings. The predicted molar refractivity (Wildman–Crippen MR) is 79.0 cm³/mol. The van der Waals surface area contributed by atoms with Crippen molar-refractivity contribution in [3.63, 3.8) is 0 Å². The minimum atomic E-state index is 0.360. The molecule has 0 atom stereocenters. The average Bonchev–Trinajstić information content (AvgIpc) is 2.41. The van der Waals surface area contributed by atoms with E-state index in [4.69, 9.17) is 16.3 Å². The fourth-order valence-corrected chi connectivity index (χ4v) is 1.89. The van der Waals surface area contributed by atoms with E-state index in [2.05, 4.69) is 16.4 Å². The summed E-state index contributed by atoms with van der Waals surface area (Å²) in [5.41, 5.74) is 3.00. The number of ether oxygens (including phenoxy) is 1. The lowest BCUT2D eigenvalue weighted by atomic mass is 10.1. The summed E-state index contributed by atoms with van der Waals surface area (Å²) in [4.78, 5) is 4.39. The molecule has 19 heavy (non-hydrogen) atoms. The van der Waals surface area contributed by atoms with Crippen molar-refractivity contribution in [2.75, 3.05) is 12.4 Å². The average molecular weight is 277 g/mol. The maximum absolute atomic E-state index is 6.12. The van der Waals surface area contributed by atoms with Crippen LogP contribution in [0.5, 0.6) is 5.75 Å². The van der Waals surface area contributed by atoms with Gasteiger partial charge in [-0.2, -0.15) is 0 Å². The lowest BCUT2D eigenvalue weighted by molar-refractivity contribution is 0.299. The van der Waals surface area contributed by atoms with Crippen LogP contribution in [-0.2, 0) is 6.61 Å². The summed E-state index contributed by atoms with van der Waals surface area (Å²) in [6, 6.07) is 9.79. The van der Waals surface area contributed by atoms with Gasteiger partial charge < -0.3 is 10.1 Å². The highest BCUT2D eigenvalue weighted by Gasteiger charge is 2.06. The number of hydrogen-bond acceptors (Lipinski definition) is 3. The second-order valence-electron chi connectivity index (χ2n) is 4.43. The van der Waals surface area contributed by atoms with Gasteiger partial charge in [-0.1, -0.05) is 23.7 Å². The molecule has 1 aromatic carbocycles. The molecule has 0 bridgehead atoms. The lowest BCUT2D eigenvalue weighted by Gasteiger charge is -2.11. The van der Waals surface area contributed by atoms with E-state index < -0.39 is 0 Å². The first kappa shape index (κ1) is 13.7. The van der Waals surface area contributed by atoms with Gasteiger partial charge in [-0.05, 0) is 43.2 Å². The minimum Gasteiger partial charge on any atom is -0.487 e. The number of nitrogens with one attached hydrogen (secondary N) is 1. The zero-order valence-corrected chi connectivity index (χ0v) is 12.1. The number of aromatic nitrogens is 1. The Hall–Kier alpha value is -1.74. The third-order valence-corrected chi connectivity index (χ3v) is 3.23. The Morgan fingerprint density at radius 3 is 2.74 bits per heavy atom. The monoisotopic (exact) mass is 276 g/mol. The zero-order chi connectivity index (χ0) is 13.8. The van der Waals surface area contributed by atoms with Crippen LogP contribution in [0.2, 0.25) is 5.02 Å². The van der Waals surface area contributed by atoms with Crippen molar-refractivity contribution in [1.82, 2.24) is 4.98 Å². The van der Waals surface area contributed by atoms with Gasteiger partial charge in [0.05, 0.1) is 10.7 Å². The Morgan fingerprint density at radius 1 is 1.21 bits per heavy atom. The molecule has 2 rings (SSSR count). The van der Waals surface area contributed by atoms with Crippen molar-refractivity contribution in [1.29, 1.82) is 0 Å². The maximum Gasteiger partial charge on any atom is 0.132 e. The number of rotatable bonds is 4. The second-order valence-corrected chi connectivity index (χ2v) is 4.84. The summed E-state index contributed by atoms with van der Waals surface area (Å²) in [6.07, 6.45) is 0. The summed E-state index contributed by atoms with van der Waals surface area (Å²) < 4.78 is 5.81. The Bertz CT molecular complexity index is 584. The zero-order valence-electron chi connectivity index (χ0n) is 11.3. The molecule has 0 unspecified atom stereocenters. The van der Waals surface area contributed by atoms with Crippen LogP contribution >= 0.6 is 11.6 Å². The molecule has 0 amide bonds. The van der Waals surface area contributed by atoms with Crippen LogP contribution in [0.4, 0.5) is 5.82 Å². The van der Waals surface area contributed by atoms with Crippen LogP contribution in [0.15, 0.2) is 30.3 Å². The summed E-state index contributed by atoms with van der Waals surface area (Å²) >= 11 is 6.12. The normalized spacial score (nSPS) is 10.3. The van der Waals surface area contributed by atoms with Gasteiger partial charge in [0.25, 0.3) is 0 Å². The van der Waals surface area contributed by atoms with Crippen LogP contribution in [0.25, 0.3) is 0 Å². The highest BCUT2D eigenvalue weighted by molar-refractivity contribution is 6.31. The van der Waals surface area contributed by atoms with Crippen LogP contribution in [0.1, 0.15) is 16.8 Å². The van der Waals surface area contributed by atoms with E-state index in [9.17, 15) is 0 Å². The molecular weight excluding hydrogens is 260 g/mol. The van der Waals surface area contributed by atoms with Crippen molar-refractivity contribution in [2.45, 2.75) is 20.5 Å². The smallest absolute Gasteiger partial charge is 0.132 e. The summed E-state index contributed by atoms with van der Waals surface area (Å²) in [6.45, 7) is 4.42. The molecule has 0 aliphatic carbocycles. The molecule has 1 N–H and O–H groups in total. The van der Waals surface area contributed by atoms with Crippen molar-refractivity contribution >= 4 is 17.4 Å². The molecule has 0 saturated heterocycles. The van der Waals surface area contributed by atoms with Crippen LogP contribution in [0.3, 0.4) is 0 Å². The number of nitrogens with zero attached hydrogens (tertiary/aromatic N) is 1. The highest BCUT2D eigenvalue weighted by atomic mass is 35.5. The Labute approximate surface area is 118 Å². The van der Waals surface area contributed by atoms with E-state index in [0.717, 1.165) is 22.8 Å². The summed E-state index contributed by atoms with van der Waals surface area (Å²) in [7, 11) is 1.82. The minimum absolute atomic E-state index is 0.360. The van der Waals surface area contributed by atoms with Crippen molar-refractivity contribution in [2.24, 2.45) is 0 Å². The second kappa shape index (κ2) is 5.93. The van der Waals surface area contributed by atoms with E-state index in [-0.39, 0.29) is 0 Å². The molecule has 0 aliphatic rings. The molecule has 4 heteroatoms. The molecule has 1 heterocycles. The molecule has 0 aliphatic heterocycles. The van der Waals surface area contributed by atoms with Gasteiger partial charge >= 0.3 is 0 Å². The van der Waals surface area contributed by atoms with Gasteiger partial charge in [-0.15, -0.1) is 0 Å². The van der Waals surface area contributed by atoms with Crippen LogP contribution in [-0.4, -0.2) is 12.0 Å². The first-order chi connectivity index (χ1) is 9.10. The van der Waals surface area contributed by atoms with Gasteiger partial charge in [0, 0.05) is 7.05 Å². The highest BCUT2D eigenvalue weighted by Crippen LogP contribution is 2.22. The van der Waals surface area contributed by atoms with E-state index in [1.54, 1.807) is 0 Å². The van der Waals surface area contributed by atoms with E-state index in [1.165, 1.54) is 5.56 Å². The number of hydrogen-bond donors (Lipinski definition) is 1. The maximum atomic E-state index is 6.12. The summed E-state index contributed by atoms with van der Waals surface area (Å²) in [5, 5.41) is 3.60. The first-order valence-corrected chi connectivity index (χ1v) is 6.51. The lowest BCUT2D eigenvalue weighted by Crippen LogP contribution is -2.03. The van der Waals surface area contributed by atoms with Gasteiger partial charge in [0.15, 0.2) is 0 Å². The number of pyridine rings is 1. The van der Waals surface area contributed by atoms with Crippen molar-refractivity contribution in [3.8, 4) is 5.75 Å². The topological polar surface area (TPSA) is 34.1 Å². The fourth-order valence-electron chi connectivity index (χ4n) is 1.73. The van der Waals surface area contributed by atoms with Gasteiger partial charge in [0.2, 0.25) is 0 Å². The largest absolute Gasteiger partial charge is 0.487 e. The molecule has 3 nitrogen and oxygen atoms in total. The number of benzene rings is 1. The SMILES string of the molecule is CNc1ccc(Cl)c(COc2cc(C)ccc2C)n1. The third kappa shape index (κ3) is 3.38. The molecule has 1 aromatic heterocycles. The number of halogens is 1. The first-order valence-electron chi connectivity index (χ1n) is 6.13. The molecule has 0 radical (unpaired) electrons. The fraction of sp³-hybridized carbons (Fsp3) is 0.267. The molecular formula is C15H17ClN2O. The Kier molecular flexibility index (Phi) is 4.27. The third-order valence-electron chi connectivity index (χ3n) is 2.88. The van der Waals surface area contributed by atoms with E-state index in [1.807, 2.05) is 45.2 Å². The number of aryl methyl sites for hydroxylation is 2.